The van der Waals surface area contributed by atoms with Gasteiger partial charge in [-0.3, -0.25) is 19.1 Å². The summed E-state index contributed by atoms with van der Waals surface area (Å²) in [5.74, 6) is 0.117. The molecule has 0 aliphatic carbocycles. The highest BCUT2D eigenvalue weighted by Crippen LogP contribution is 2.23. The number of nitrogens with one attached hydrogen (secondary N) is 1. The topological polar surface area (TPSA) is 119 Å². The lowest BCUT2D eigenvalue weighted by molar-refractivity contribution is 0.104. The Morgan fingerprint density at radius 1 is 1.17 bits per heavy atom. The molecule has 0 amide bonds. The maximum absolute atomic E-state index is 12.8. The van der Waals surface area contributed by atoms with Crippen LogP contribution in [0, 0.1) is 6.92 Å². The van der Waals surface area contributed by atoms with E-state index in [-0.39, 0.29) is 23.6 Å². The molecule has 4 rings (SSSR count). The van der Waals surface area contributed by atoms with E-state index in [1.807, 2.05) is 10.8 Å². The fourth-order valence-electron chi connectivity index (χ4n) is 3.68. The molecule has 0 saturated heterocycles. The van der Waals surface area contributed by atoms with Gasteiger partial charge in [-0.25, -0.2) is 9.78 Å². The van der Waals surface area contributed by atoms with E-state index >= 15 is 0 Å². The molecule has 35 heavy (non-hydrogen) atoms. The second-order valence-corrected chi connectivity index (χ2v) is 8.05. The normalized spacial score (nSPS) is 11.1. The molecule has 0 saturated carbocycles. The number of ether oxygens (including phenoxy) is 1. The average Bonchev–Trinajstić information content (AvgIpc) is 3.35. The minimum absolute atomic E-state index is 0.0998. The van der Waals surface area contributed by atoms with E-state index in [4.69, 9.17) is 4.74 Å². The van der Waals surface area contributed by atoms with Crippen molar-refractivity contribution >= 4 is 11.9 Å². The lowest BCUT2D eigenvalue weighted by atomic mass is 10.0. The molecule has 2 heterocycles. The minimum atomic E-state index is -0.523. The standard InChI is InChI=1S/C26H24N4O5/c1-17-13-30(26(34)28-25(17)33)15-20-11-18(5-8-24(20)35-2)3-6-22(31)21-12-19(4-7-23(21)32)14-29-10-9-27-16-29/h3-13,16,32H,14-15H2,1-2H3,(H,28,33,34)/b6-3+. The van der Waals surface area contributed by atoms with Gasteiger partial charge in [0.1, 0.15) is 11.5 Å². The molecule has 178 valence electrons. The lowest BCUT2D eigenvalue weighted by Gasteiger charge is -2.11. The van der Waals surface area contributed by atoms with Gasteiger partial charge in [-0.15, -0.1) is 0 Å². The second kappa shape index (κ2) is 10.1. The van der Waals surface area contributed by atoms with E-state index in [0.717, 1.165) is 5.56 Å². The van der Waals surface area contributed by atoms with Crippen molar-refractivity contribution < 1.29 is 14.6 Å². The number of H-pyrrole nitrogens is 1. The summed E-state index contributed by atoms with van der Waals surface area (Å²) in [5, 5.41) is 10.2. The second-order valence-electron chi connectivity index (χ2n) is 8.05. The molecule has 0 atom stereocenters. The highest BCUT2D eigenvalue weighted by atomic mass is 16.5. The van der Waals surface area contributed by atoms with Crippen molar-refractivity contribution in [3.63, 3.8) is 0 Å². The monoisotopic (exact) mass is 472 g/mol. The third-order valence-corrected chi connectivity index (χ3v) is 5.51. The molecule has 2 N–H and O–H groups in total. The molecule has 2 aromatic carbocycles. The van der Waals surface area contributed by atoms with Crippen molar-refractivity contribution in [2.75, 3.05) is 7.11 Å². The fraction of sp³-hybridized carbons (Fsp3) is 0.154. The number of carbonyl (C=O) groups excluding carboxylic acids is 1. The predicted molar refractivity (Wildman–Crippen MR) is 131 cm³/mol. The number of hydrogen-bond donors (Lipinski definition) is 2. The largest absolute Gasteiger partial charge is 0.507 e. The van der Waals surface area contributed by atoms with Crippen LogP contribution in [-0.4, -0.2) is 37.1 Å². The van der Waals surface area contributed by atoms with Gasteiger partial charge in [0.05, 0.1) is 25.5 Å². The first-order valence-corrected chi connectivity index (χ1v) is 10.8. The molecule has 0 aliphatic heterocycles. The van der Waals surface area contributed by atoms with Gasteiger partial charge in [-0.1, -0.05) is 18.2 Å². The molecule has 0 aliphatic rings. The Bertz CT molecular complexity index is 1510. The van der Waals surface area contributed by atoms with Gasteiger partial charge in [-0.05, 0) is 48.4 Å². The number of aromatic nitrogens is 4. The maximum atomic E-state index is 12.8. The number of allylic oxidation sites excluding steroid dienone is 1. The highest BCUT2D eigenvalue weighted by Gasteiger charge is 2.11. The summed E-state index contributed by atoms with van der Waals surface area (Å²) in [6, 6.07) is 10.2. The summed E-state index contributed by atoms with van der Waals surface area (Å²) in [6.07, 6.45) is 9.68. The van der Waals surface area contributed by atoms with Gasteiger partial charge >= 0.3 is 5.69 Å². The van der Waals surface area contributed by atoms with Crippen molar-refractivity contribution in [2.24, 2.45) is 0 Å². The van der Waals surface area contributed by atoms with Crippen molar-refractivity contribution in [1.29, 1.82) is 0 Å². The van der Waals surface area contributed by atoms with Crippen LogP contribution in [0.15, 0.2) is 77.0 Å². The number of aromatic amines is 1. The number of hydrogen-bond acceptors (Lipinski definition) is 6. The maximum Gasteiger partial charge on any atom is 0.328 e. The van der Waals surface area contributed by atoms with Crippen LogP contribution in [0.5, 0.6) is 11.5 Å². The molecule has 0 spiro atoms. The van der Waals surface area contributed by atoms with Crippen LogP contribution in [0.4, 0.5) is 0 Å². The summed E-state index contributed by atoms with van der Waals surface area (Å²) in [7, 11) is 1.53. The smallest absolute Gasteiger partial charge is 0.328 e. The van der Waals surface area contributed by atoms with E-state index in [0.29, 0.717) is 29.0 Å². The van der Waals surface area contributed by atoms with E-state index < -0.39 is 11.2 Å². The lowest BCUT2D eigenvalue weighted by Crippen LogP contribution is -2.31. The Labute approximate surface area is 200 Å². The number of phenolic OH excluding ortho intramolecular Hbond substituents is 1. The van der Waals surface area contributed by atoms with Crippen LogP contribution in [0.25, 0.3) is 6.08 Å². The number of nitrogens with zero attached hydrogens (tertiary/aromatic N) is 3. The molecule has 0 radical (unpaired) electrons. The molecule has 2 aromatic heterocycles. The number of rotatable bonds is 8. The first-order chi connectivity index (χ1) is 16.8. The number of aromatic hydroxyl groups is 1. The third-order valence-electron chi connectivity index (χ3n) is 5.51. The molecule has 0 bridgehead atoms. The first kappa shape index (κ1) is 23.5. The van der Waals surface area contributed by atoms with E-state index in [9.17, 15) is 19.5 Å². The molecular formula is C26H24N4O5. The summed E-state index contributed by atoms with van der Waals surface area (Å²) < 4.78 is 8.67. The van der Waals surface area contributed by atoms with E-state index in [1.165, 1.54) is 30.0 Å². The summed E-state index contributed by atoms with van der Waals surface area (Å²) >= 11 is 0. The van der Waals surface area contributed by atoms with Gasteiger partial charge in [0, 0.05) is 36.3 Å². The Hall–Kier alpha value is -4.66. The van der Waals surface area contributed by atoms with Crippen LogP contribution in [0.3, 0.4) is 0 Å². The van der Waals surface area contributed by atoms with Gasteiger partial charge in [-0.2, -0.15) is 0 Å². The number of benzene rings is 2. The van der Waals surface area contributed by atoms with Crippen LogP contribution in [0.1, 0.15) is 32.6 Å². The number of ketones is 1. The van der Waals surface area contributed by atoms with Crippen molar-refractivity contribution in [3.05, 3.63) is 116 Å². The van der Waals surface area contributed by atoms with Crippen LogP contribution >= 0.6 is 0 Å². The molecular weight excluding hydrogens is 448 g/mol. The van der Waals surface area contributed by atoms with Gasteiger partial charge in [0.25, 0.3) is 5.56 Å². The van der Waals surface area contributed by atoms with Crippen molar-refractivity contribution in [3.8, 4) is 11.5 Å². The third kappa shape index (κ3) is 5.47. The Morgan fingerprint density at radius 2 is 2.00 bits per heavy atom. The first-order valence-electron chi connectivity index (χ1n) is 10.8. The minimum Gasteiger partial charge on any atom is -0.507 e. The average molecular weight is 473 g/mol. The molecule has 9 nitrogen and oxygen atoms in total. The van der Waals surface area contributed by atoms with E-state index in [1.54, 1.807) is 55.9 Å². The number of aryl methyl sites for hydroxylation is 1. The molecule has 0 fully saturated rings. The highest BCUT2D eigenvalue weighted by molar-refractivity contribution is 6.08. The Balaban J connectivity index is 1.57. The van der Waals surface area contributed by atoms with Gasteiger partial charge in [0.2, 0.25) is 0 Å². The number of imidazole rings is 1. The van der Waals surface area contributed by atoms with Crippen molar-refractivity contribution in [2.45, 2.75) is 20.0 Å². The Morgan fingerprint density at radius 3 is 2.74 bits per heavy atom. The zero-order valence-corrected chi connectivity index (χ0v) is 19.3. The molecule has 0 unspecified atom stereocenters. The SMILES string of the molecule is COc1ccc(/C=C/C(=O)c2cc(Cn3ccnc3)ccc2O)cc1Cn1cc(C)c(=O)[nH]c1=O. The van der Waals surface area contributed by atoms with Gasteiger partial charge < -0.3 is 14.4 Å². The number of phenols is 1. The van der Waals surface area contributed by atoms with Gasteiger partial charge in [0.15, 0.2) is 5.78 Å². The zero-order chi connectivity index (χ0) is 24.9. The quantitative estimate of drug-likeness (QED) is 0.301. The van der Waals surface area contributed by atoms with E-state index in [2.05, 4.69) is 9.97 Å². The molecule has 4 aromatic rings. The van der Waals surface area contributed by atoms with Crippen molar-refractivity contribution in [1.82, 2.24) is 19.1 Å². The number of methoxy groups -OCH3 is 1. The fourth-order valence-corrected chi connectivity index (χ4v) is 3.68. The summed E-state index contributed by atoms with van der Waals surface area (Å²) in [6.45, 7) is 2.32. The summed E-state index contributed by atoms with van der Waals surface area (Å²) in [5.41, 5.74) is 1.92. The van der Waals surface area contributed by atoms with Crippen LogP contribution in [-0.2, 0) is 13.1 Å². The zero-order valence-electron chi connectivity index (χ0n) is 19.3. The Kier molecular flexibility index (Phi) is 6.77. The molecule has 9 heteroatoms. The number of carbonyl (C=O) groups is 1. The van der Waals surface area contributed by atoms with Crippen LogP contribution in [0.2, 0.25) is 0 Å². The predicted octanol–water partition coefficient (Wildman–Crippen LogP) is 2.75. The summed E-state index contributed by atoms with van der Waals surface area (Å²) in [4.78, 5) is 43.0. The van der Waals surface area contributed by atoms with Crippen LogP contribution < -0.4 is 16.0 Å².